The van der Waals surface area contributed by atoms with Gasteiger partial charge < -0.3 is 19.7 Å². The van der Waals surface area contributed by atoms with E-state index in [2.05, 4.69) is 0 Å². The summed E-state index contributed by atoms with van der Waals surface area (Å²) in [6.07, 6.45) is 0. The monoisotopic (exact) mass is 492 g/mol. The summed E-state index contributed by atoms with van der Waals surface area (Å²) >= 11 is 0. The number of nitrogens with one attached hydrogen (secondary N) is 1. The highest BCUT2D eigenvalue weighted by Crippen LogP contribution is 2.23. The molecule has 0 aliphatic rings. The molecule has 1 heterocycles. The predicted octanol–water partition coefficient (Wildman–Crippen LogP) is 4.11. The molecule has 0 spiro atoms. The van der Waals surface area contributed by atoms with Crippen LogP contribution in [0.5, 0.6) is 0 Å². The van der Waals surface area contributed by atoms with Crippen LogP contribution in [-0.2, 0) is 18.4 Å². The lowest BCUT2D eigenvalue weighted by Gasteiger charge is -2.10. The third kappa shape index (κ3) is 5.62. The molecular weight excluding hydrogens is 468 g/mol. The van der Waals surface area contributed by atoms with Gasteiger partial charge in [-0.05, 0) is 42.0 Å². The highest BCUT2D eigenvalue weighted by atomic mass is 16.5. The molecule has 0 atom stereocenters. The second kappa shape index (κ2) is 11.1. The maximum Gasteiger partial charge on any atom is 0.335 e. The normalized spacial score (nSPS) is 10.4. The van der Waals surface area contributed by atoms with E-state index in [1.807, 2.05) is 90.5 Å². The van der Waals surface area contributed by atoms with Gasteiger partial charge in [0.2, 0.25) is 16.9 Å². The number of fused-ring (bicyclic) bond motifs is 2. The number of carboxylic acid groups (broad SMARTS) is 2. The van der Waals surface area contributed by atoms with Crippen molar-refractivity contribution in [3.8, 4) is 0 Å². The first kappa shape index (κ1) is 25.1. The van der Waals surface area contributed by atoms with Gasteiger partial charge in [0.1, 0.15) is 13.7 Å². The third-order valence-electron chi connectivity index (χ3n) is 5.89. The molecule has 4 aromatic carbocycles. The molecule has 0 fully saturated rings. The van der Waals surface area contributed by atoms with Gasteiger partial charge in [0.25, 0.3) is 0 Å². The number of ether oxygens (including phenoxy) is 1. The number of aromatic carboxylic acids is 2. The summed E-state index contributed by atoms with van der Waals surface area (Å²) in [6, 6.07) is 30.5. The average Bonchev–Trinajstić information content (AvgIpc) is 2.93. The summed E-state index contributed by atoms with van der Waals surface area (Å²) in [7, 11) is 1.93. The van der Waals surface area contributed by atoms with Crippen molar-refractivity contribution in [1.82, 2.24) is 0 Å². The molecule has 5 rings (SSSR count). The van der Waals surface area contributed by atoms with Gasteiger partial charge >= 0.3 is 5.97 Å². The zero-order valence-corrected chi connectivity index (χ0v) is 20.0. The molecular formula is C30H24N2O5. The number of aryl methyl sites for hydroxylation is 1. The number of nitrogens with zero attached hydrogens (tertiary/aromatic N) is 1. The van der Waals surface area contributed by atoms with E-state index in [0.717, 1.165) is 16.6 Å². The molecule has 0 aliphatic heterocycles. The van der Waals surface area contributed by atoms with E-state index < -0.39 is 11.9 Å². The van der Waals surface area contributed by atoms with Crippen LogP contribution in [0.4, 0.5) is 0 Å². The van der Waals surface area contributed by atoms with Crippen molar-refractivity contribution in [2.24, 2.45) is 7.05 Å². The van der Waals surface area contributed by atoms with Crippen LogP contribution in [0.2, 0.25) is 0 Å². The molecule has 7 nitrogen and oxygen atoms in total. The zero-order chi connectivity index (χ0) is 26.4. The average molecular weight is 493 g/mol. The van der Waals surface area contributed by atoms with Gasteiger partial charge in [-0.25, -0.2) is 4.79 Å². The van der Waals surface area contributed by atoms with E-state index in [0.29, 0.717) is 22.9 Å². The maximum absolute atomic E-state index is 11.4. The number of rotatable bonds is 5. The number of hydrogen-bond acceptors (Lipinski definition) is 5. The minimum absolute atomic E-state index is 0.0285. The van der Waals surface area contributed by atoms with Crippen molar-refractivity contribution in [2.75, 3.05) is 0 Å². The van der Waals surface area contributed by atoms with Crippen LogP contribution in [0.1, 0.15) is 31.8 Å². The summed E-state index contributed by atoms with van der Waals surface area (Å²) in [4.78, 5) is 22.1. The first-order chi connectivity index (χ1) is 17.9. The molecule has 1 aromatic heterocycles. The third-order valence-corrected chi connectivity index (χ3v) is 5.89. The van der Waals surface area contributed by atoms with E-state index in [4.69, 9.17) is 15.3 Å². The van der Waals surface area contributed by atoms with Gasteiger partial charge in [-0.2, -0.15) is 4.57 Å². The Labute approximate surface area is 213 Å². The smallest absolute Gasteiger partial charge is 0.335 e. The molecule has 0 bridgehead atoms. The molecule has 5 aromatic rings. The number of para-hydroxylation sites is 2. The van der Waals surface area contributed by atoms with Gasteiger partial charge in [0, 0.05) is 23.3 Å². The lowest BCUT2D eigenvalue weighted by molar-refractivity contribution is -0.617. The second-order valence-electron chi connectivity index (χ2n) is 8.24. The number of aromatic nitrogens is 1. The van der Waals surface area contributed by atoms with Crippen LogP contribution < -0.4 is 9.67 Å². The fourth-order valence-corrected chi connectivity index (χ4v) is 4.03. The van der Waals surface area contributed by atoms with Gasteiger partial charge in [-0.15, -0.1) is 0 Å². The predicted molar refractivity (Wildman–Crippen MR) is 138 cm³/mol. The molecule has 0 aliphatic carbocycles. The Morgan fingerprint density at radius 2 is 1.27 bits per heavy atom. The van der Waals surface area contributed by atoms with Crippen LogP contribution in [0.3, 0.4) is 0 Å². The molecule has 37 heavy (non-hydrogen) atoms. The SMILES string of the molecule is C[n+]1c2ccccc2c(C(=O)[O-])c2ccccc21.N=C(OCc1ccccc1)c1ccc(C(=O)O)cc1. The largest absolute Gasteiger partial charge is 0.545 e. The van der Waals surface area contributed by atoms with Gasteiger partial charge in [-0.1, -0.05) is 54.6 Å². The van der Waals surface area contributed by atoms with Crippen LogP contribution in [-0.4, -0.2) is 22.9 Å². The van der Waals surface area contributed by atoms with Crippen LogP contribution in [0, 0.1) is 5.41 Å². The fourth-order valence-electron chi connectivity index (χ4n) is 4.03. The van der Waals surface area contributed by atoms with Crippen molar-refractivity contribution in [3.05, 3.63) is 125 Å². The molecule has 0 amide bonds. The minimum Gasteiger partial charge on any atom is -0.545 e. The highest BCUT2D eigenvalue weighted by molar-refractivity contribution is 6.11. The number of benzene rings is 4. The Bertz CT molecular complexity index is 1540. The lowest BCUT2D eigenvalue weighted by atomic mass is 10.0. The number of carbonyl (C=O) groups excluding carboxylic acids is 1. The molecule has 0 unspecified atom stereocenters. The van der Waals surface area contributed by atoms with Crippen molar-refractivity contribution in [2.45, 2.75) is 6.61 Å². The van der Waals surface area contributed by atoms with Gasteiger partial charge in [-0.3, -0.25) is 5.41 Å². The lowest BCUT2D eigenvalue weighted by Crippen LogP contribution is -2.33. The van der Waals surface area contributed by atoms with Crippen LogP contribution in [0.15, 0.2) is 103 Å². The number of carbonyl (C=O) groups is 2. The molecule has 0 saturated heterocycles. The maximum atomic E-state index is 11.4. The minimum atomic E-state index is -1.14. The Kier molecular flexibility index (Phi) is 7.54. The molecule has 0 saturated carbocycles. The standard InChI is InChI=1S/C15H13NO3.C15H11NO2/c16-14(19-10-11-4-2-1-3-5-11)12-6-8-13(9-7-12)15(17)18;1-16-12-8-4-2-6-10(12)14(15(17)18)11-7-3-5-9-13(11)16/h1-9,16H,10H2,(H,17,18);2-9H,1H3. The van der Waals surface area contributed by atoms with E-state index >= 15 is 0 Å². The van der Waals surface area contributed by atoms with Gasteiger partial charge in [0.05, 0.1) is 22.3 Å². The summed E-state index contributed by atoms with van der Waals surface area (Å²) in [5.41, 5.74) is 3.76. The number of pyridine rings is 1. The molecule has 184 valence electrons. The summed E-state index contributed by atoms with van der Waals surface area (Å²) in [6.45, 7) is 0.320. The number of carboxylic acids is 2. The van der Waals surface area contributed by atoms with Crippen molar-refractivity contribution >= 4 is 39.6 Å². The highest BCUT2D eigenvalue weighted by Gasteiger charge is 2.17. The molecule has 7 heteroatoms. The number of hydrogen-bond donors (Lipinski definition) is 2. The van der Waals surface area contributed by atoms with E-state index in [-0.39, 0.29) is 17.0 Å². The van der Waals surface area contributed by atoms with E-state index in [1.165, 1.54) is 12.1 Å². The van der Waals surface area contributed by atoms with Crippen LogP contribution in [0.25, 0.3) is 21.8 Å². The fraction of sp³-hybridized carbons (Fsp3) is 0.0667. The molecule has 2 N–H and O–H groups in total. The zero-order valence-electron chi connectivity index (χ0n) is 20.0. The summed E-state index contributed by atoms with van der Waals surface area (Å²) < 4.78 is 7.35. The Morgan fingerprint density at radius 1 is 0.784 bits per heavy atom. The van der Waals surface area contributed by atoms with Crippen molar-refractivity contribution < 1.29 is 29.1 Å². The second-order valence-corrected chi connectivity index (χ2v) is 8.24. The van der Waals surface area contributed by atoms with Crippen molar-refractivity contribution in [1.29, 1.82) is 5.41 Å². The van der Waals surface area contributed by atoms with E-state index in [1.54, 1.807) is 12.1 Å². The summed E-state index contributed by atoms with van der Waals surface area (Å²) in [5, 5.41) is 29.4. The Balaban J connectivity index is 0.000000173. The Morgan fingerprint density at radius 3 is 1.78 bits per heavy atom. The van der Waals surface area contributed by atoms with Gasteiger partial charge in [0.15, 0.2) is 0 Å². The Hall–Kier alpha value is -5.04. The quantitative estimate of drug-likeness (QED) is 0.166. The summed E-state index contributed by atoms with van der Waals surface area (Å²) in [5.74, 6) is -2.09. The first-order valence-corrected chi connectivity index (χ1v) is 11.5. The topological polar surface area (TPSA) is 114 Å². The molecule has 0 radical (unpaired) electrons. The van der Waals surface area contributed by atoms with Crippen LogP contribution >= 0.6 is 0 Å². The first-order valence-electron chi connectivity index (χ1n) is 11.5. The van der Waals surface area contributed by atoms with E-state index in [9.17, 15) is 14.7 Å². The van der Waals surface area contributed by atoms with Crippen molar-refractivity contribution in [3.63, 3.8) is 0 Å².